The van der Waals surface area contributed by atoms with Gasteiger partial charge in [0.1, 0.15) is 17.4 Å². The van der Waals surface area contributed by atoms with Gasteiger partial charge in [0, 0.05) is 11.2 Å². The summed E-state index contributed by atoms with van der Waals surface area (Å²) in [5, 5.41) is 24.5. The minimum Gasteiger partial charge on any atom is -0.506 e. The van der Waals surface area contributed by atoms with E-state index in [2.05, 4.69) is 10.6 Å². The number of nitrogens with zero attached hydrogens (tertiary/aromatic N) is 1. The molecule has 0 aliphatic rings. The third-order valence-corrected chi connectivity index (χ3v) is 3.60. The van der Waals surface area contributed by atoms with Gasteiger partial charge >= 0.3 is 5.97 Å². The van der Waals surface area contributed by atoms with Gasteiger partial charge in [-0.3, -0.25) is 4.79 Å². The zero-order valence-electron chi connectivity index (χ0n) is 14.3. The van der Waals surface area contributed by atoms with Crippen LogP contribution in [0.3, 0.4) is 0 Å². The third-order valence-electron chi connectivity index (χ3n) is 3.37. The van der Waals surface area contributed by atoms with Crippen LogP contribution in [0.5, 0.6) is 5.75 Å². The number of amides is 1. The summed E-state index contributed by atoms with van der Waals surface area (Å²) in [4.78, 5) is 24.3. The van der Waals surface area contributed by atoms with Crippen LogP contribution < -0.4 is 10.6 Å². The number of carbonyl (C=O) groups is 2. The van der Waals surface area contributed by atoms with Gasteiger partial charge < -0.3 is 20.5 Å². The van der Waals surface area contributed by atoms with Crippen LogP contribution in [0.4, 0.5) is 11.4 Å². The Balaban J connectivity index is 2.20. The van der Waals surface area contributed by atoms with E-state index in [9.17, 15) is 20.0 Å². The van der Waals surface area contributed by atoms with E-state index >= 15 is 0 Å². The van der Waals surface area contributed by atoms with Crippen molar-refractivity contribution in [2.45, 2.75) is 6.92 Å². The molecule has 0 aliphatic carbocycles. The topological polar surface area (TPSA) is 111 Å². The van der Waals surface area contributed by atoms with Crippen LogP contribution in [-0.4, -0.2) is 23.6 Å². The van der Waals surface area contributed by atoms with Crippen LogP contribution in [0.2, 0.25) is 5.02 Å². The van der Waals surface area contributed by atoms with Crippen molar-refractivity contribution in [2.75, 3.05) is 17.2 Å². The van der Waals surface area contributed by atoms with Gasteiger partial charge in [-0.1, -0.05) is 23.7 Å². The van der Waals surface area contributed by atoms with Gasteiger partial charge in [0.2, 0.25) is 0 Å². The molecule has 0 fully saturated rings. The first-order valence-electron chi connectivity index (χ1n) is 7.89. The minimum atomic E-state index is -0.733. The molecule has 3 N–H and O–H groups in total. The van der Waals surface area contributed by atoms with Crippen molar-refractivity contribution in [3.8, 4) is 11.8 Å². The van der Waals surface area contributed by atoms with Crippen LogP contribution >= 0.6 is 11.6 Å². The molecule has 0 unspecified atom stereocenters. The molecule has 0 saturated heterocycles. The fraction of sp³-hybridized carbons (Fsp3) is 0.105. The van der Waals surface area contributed by atoms with Gasteiger partial charge in [-0.25, -0.2) is 4.79 Å². The van der Waals surface area contributed by atoms with Crippen molar-refractivity contribution >= 4 is 34.9 Å². The summed E-state index contributed by atoms with van der Waals surface area (Å²) < 4.78 is 4.94. The Morgan fingerprint density at radius 2 is 2.00 bits per heavy atom. The number of halogens is 1. The quantitative estimate of drug-likeness (QED) is 0.302. The number of carbonyl (C=O) groups excluding carboxylic acids is 2. The van der Waals surface area contributed by atoms with Crippen LogP contribution in [-0.2, 0) is 9.53 Å². The molecule has 0 bridgehead atoms. The molecule has 7 nitrogen and oxygen atoms in total. The first kappa shape index (κ1) is 19.8. The maximum Gasteiger partial charge on any atom is 0.340 e. The molecule has 2 rings (SSSR count). The van der Waals surface area contributed by atoms with Crippen molar-refractivity contribution in [3.05, 3.63) is 64.8 Å². The van der Waals surface area contributed by atoms with Crippen molar-refractivity contribution in [1.29, 1.82) is 5.26 Å². The van der Waals surface area contributed by atoms with E-state index in [1.807, 2.05) is 0 Å². The molecule has 2 aromatic carbocycles. The number of para-hydroxylation sites is 1. The number of phenols is 1. The highest BCUT2D eigenvalue weighted by Gasteiger charge is 2.16. The van der Waals surface area contributed by atoms with Gasteiger partial charge in [-0.05, 0) is 37.3 Å². The third kappa shape index (κ3) is 5.23. The number of benzene rings is 2. The summed E-state index contributed by atoms with van der Waals surface area (Å²) in [5.74, 6) is -1.41. The molecule has 2 aromatic rings. The SMILES string of the molecule is CCOC(=O)c1ccccc1NC(=O)/C(C#N)=C\Nc1cc(Cl)ccc1O. The number of hydrogen-bond donors (Lipinski definition) is 3. The second-order valence-electron chi connectivity index (χ2n) is 5.20. The zero-order chi connectivity index (χ0) is 19.8. The molecule has 8 heteroatoms. The van der Waals surface area contributed by atoms with Crippen molar-refractivity contribution in [2.24, 2.45) is 0 Å². The second-order valence-corrected chi connectivity index (χ2v) is 5.63. The van der Waals surface area contributed by atoms with E-state index in [4.69, 9.17) is 16.3 Å². The predicted molar refractivity (Wildman–Crippen MR) is 101 cm³/mol. The number of nitrogens with one attached hydrogen (secondary N) is 2. The highest BCUT2D eigenvalue weighted by molar-refractivity contribution is 6.31. The average molecular weight is 386 g/mol. The minimum absolute atomic E-state index is 0.0963. The molecule has 138 valence electrons. The van der Waals surface area contributed by atoms with E-state index < -0.39 is 11.9 Å². The number of hydrogen-bond acceptors (Lipinski definition) is 6. The van der Waals surface area contributed by atoms with E-state index in [1.165, 1.54) is 30.3 Å². The molecule has 0 saturated carbocycles. The van der Waals surface area contributed by atoms with Crippen LogP contribution in [0.25, 0.3) is 0 Å². The molecule has 0 radical (unpaired) electrons. The maximum atomic E-state index is 12.4. The van der Waals surface area contributed by atoms with Gasteiger partial charge in [0.05, 0.1) is 23.5 Å². The normalized spacial score (nSPS) is 10.6. The highest BCUT2D eigenvalue weighted by Crippen LogP contribution is 2.26. The summed E-state index contributed by atoms with van der Waals surface area (Å²) >= 11 is 5.85. The smallest absolute Gasteiger partial charge is 0.340 e. The lowest BCUT2D eigenvalue weighted by atomic mass is 10.1. The monoisotopic (exact) mass is 385 g/mol. The molecule has 0 heterocycles. The average Bonchev–Trinajstić information content (AvgIpc) is 2.65. The van der Waals surface area contributed by atoms with E-state index in [1.54, 1.807) is 25.1 Å². The summed E-state index contributed by atoms with van der Waals surface area (Å²) in [6, 6.07) is 12.4. The number of nitriles is 1. The molecule has 0 aliphatic heterocycles. The van der Waals surface area contributed by atoms with E-state index in [-0.39, 0.29) is 34.9 Å². The first-order chi connectivity index (χ1) is 13.0. The van der Waals surface area contributed by atoms with E-state index in [0.29, 0.717) is 5.02 Å². The summed E-state index contributed by atoms with van der Waals surface area (Å²) in [7, 11) is 0. The molecule has 27 heavy (non-hydrogen) atoms. The number of aromatic hydroxyl groups is 1. The summed E-state index contributed by atoms with van der Waals surface area (Å²) in [5.41, 5.74) is 0.348. The van der Waals surface area contributed by atoms with Crippen LogP contribution in [0.15, 0.2) is 54.2 Å². The summed E-state index contributed by atoms with van der Waals surface area (Å²) in [6.45, 7) is 1.87. The number of phenolic OH excluding ortho intramolecular Hbond substituents is 1. The fourth-order valence-electron chi connectivity index (χ4n) is 2.09. The first-order valence-corrected chi connectivity index (χ1v) is 8.27. The lowest BCUT2D eigenvalue weighted by Gasteiger charge is -2.10. The Bertz CT molecular complexity index is 935. The zero-order valence-corrected chi connectivity index (χ0v) is 15.1. The maximum absolute atomic E-state index is 12.4. The van der Waals surface area contributed by atoms with E-state index in [0.717, 1.165) is 6.20 Å². The molecule has 1 amide bonds. The van der Waals surface area contributed by atoms with Gasteiger partial charge in [0.25, 0.3) is 5.91 Å². The number of esters is 1. The van der Waals surface area contributed by atoms with Crippen molar-refractivity contribution in [3.63, 3.8) is 0 Å². The molecule has 0 spiro atoms. The summed E-state index contributed by atoms with van der Waals surface area (Å²) in [6.07, 6.45) is 1.13. The molecular formula is C19H16ClN3O4. The lowest BCUT2D eigenvalue weighted by molar-refractivity contribution is -0.112. The standard InChI is InChI=1S/C19H16ClN3O4/c1-2-27-19(26)14-5-3-4-6-15(14)23-18(25)12(10-21)11-22-16-9-13(20)7-8-17(16)24/h3-9,11,22,24H,2H2,1H3,(H,23,25)/b12-11-. The Kier molecular flexibility index (Phi) is 6.80. The van der Waals surface area contributed by atoms with Gasteiger partial charge in [-0.15, -0.1) is 0 Å². The Morgan fingerprint density at radius 3 is 2.70 bits per heavy atom. The number of ether oxygens (including phenoxy) is 1. The van der Waals surface area contributed by atoms with Crippen molar-refractivity contribution in [1.82, 2.24) is 0 Å². The van der Waals surface area contributed by atoms with Gasteiger partial charge in [0.15, 0.2) is 0 Å². The Hall–Kier alpha value is -3.50. The largest absolute Gasteiger partial charge is 0.506 e. The van der Waals surface area contributed by atoms with Gasteiger partial charge in [-0.2, -0.15) is 5.26 Å². The Morgan fingerprint density at radius 1 is 1.26 bits per heavy atom. The molecular weight excluding hydrogens is 370 g/mol. The van der Waals surface area contributed by atoms with Crippen molar-refractivity contribution < 1.29 is 19.4 Å². The van der Waals surface area contributed by atoms with Crippen LogP contribution in [0.1, 0.15) is 17.3 Å². The predicted octanol–water partition coefficient (Wildman–Crippen LogP) is 3.68. The van der Waals surface area contributed by atoms with Crippen LogP contribution in [0, 0.1) is 11.3 Å². The molecule has 0 aromatic heterocycles. The fourth-order valence-corrected chi connectivity index (χ4v) is 2.26. The highest BCUT2D eigenvalue weighted by atomic mass is 35.5. The lowest BCUT2D eigenvalue weighted by Crippen LogP contribution is -2.17. The second kappa shape index (κ2) is 9.27. The molecule has 0 atom stereocenters. The number of anilines is 2. The number of rotatable bonds is 6. The Labute approximate surface area is 160 Å².